The van der Waals surface area contributed by atoms with Crippen molar-refractivity contribution in [3.63, 3.8) is 0 Å². The average molecular weight is 252 g/mol. The number of carbonyl (C=O) groups excluding carboxylic acids is 2. The normalized spacial score (nSPS) is 27.9. The van der Waals surface area contributed by atoms with Crippen LogP contribution in [0.25, 0.3) is 0 Å². The fourth-order valence-electron chi connectivity index (χ4n) is 2.81. The standard InChI is InChI=1S/C14H24N2O2/c1-4-6-11-12(17)15-14(2,3)13(18)16(11)9-10-7-5-8-10/h10-11H,4-9H2,1-3H3,(H,15,17). The van der Waals surface area contributed by atoms with Gasteiger partial charge in [0.2, 0.25) is 11.8 Å². The van der Waals surface area contributed by atoms with E-state index in [2.05, 4.69) is 12.2 Å². The summed E-state index contributed by atoms with van der Waals surface area (Å²) < 4.78 is 0. The fourth-order valence-corrected chi connectivity index (χ4v) is 2.81. The predicted molar refractivity (Wildman–Crippen MR) is 70.0 cm³/mol. The molecule has 1 N–H and O–H groups in total. The number of hydrogen-bond acceptors (Lipinski definition) is 2. The number of amides is 2. The molecular weight excluding hydrogens is 228 g/mol. The number of hydrogen-bond donors (Lipinski definition) is 1. The third-order valence-corrected chi connectivity index (χ3v) is 4.15. The van der Waals surface area contributed by atoms with Crippen LogP contribution in [0.3, 0.4) is 0 Å². The zero-order valence-corrected chi connectivity index (χ0v) is 11.7. The minimum atomic E-state index is -0.745. The van der Waals surface area contributed by atoms with Crippen molar-refractivity contribution < 1.29 is 9.59 Å². The molecule has 2 fully saturated rings. The molecule has 1 unspecified atom stereocenters. The highest BCUT2D eigenvalue weighted by atomic mass is 16.2. The Labute approximate surface area is 109 Å². The van der Waals surface area contributed by atoms with Gasteiger partial charge >= 0.3 is 0 Å². The molecule has 1 atom stereocenters. The van der Waals surface area contributed by atoms with Gasteiger partial charge in [-0.1, -0.05) is 19.8 Å². The predicted octanol–water partition coefficient (Wildman–Crippen LogP) is 1.69. The molecule has 0 aromatic heterocycles. The van der Waals surface area contributed by atoms with E-state index in [1.807, 2.05) is 4.90 Å². The molecule has 1 aliphatic carbocycles. The largest absolute Gasteiger partial charge is 0.340 e. The molecule has 1 saturated carbocycles. The monoisotopic (exact) mass is 252 g/mol. The summed E-state index contributed by atoms with van der Waals surface area (Å²) in [5.74, 6) is 0.697. The molecule has 0 aromatic carbocycles. The van der Waals surface area contributed by atoms with Crippen LogP contribution in [0.4, 0.5) is 0 Å². The van der Waals surface area contributed by atoms with E-state index in [9.17, 15) is 9.59 Å². The highest BCUT2D eigenvalue weighted by Crippen LogP contribution is 2.30. The van der Waals surface area contributed by atoms with Crippen molar-refractivity contribution in [2.24, 2.45) is 5.92 Å². The van der Waals surface area contributed by atoms with Gasteiger partial charge in [-0.3, -0.25) is 9.59 Å². The van der Waals surface area contributed by atoms with E-state index < -0.39 is 5.54 Å². The Kier molecular flexibility index (Phi) is 3.64. The van der Waals surface area contributed by atoms with Gasteiger partial charge in [-0.15, -0.1) is 0 Å². The number of nitrogens with zero attached hydrogens (tertiary/aromatic N) is 1. The summed E-state index contributed by atoms with van der Waals surface area (Å²) in [6.07, 6.45) is 5.35. The number of rotatable bonds is 4. The summed E-state index contributed by atoms with van der Waals surface area (Å²) in [4.78, 5) is 26.4. The molecule has 1 heterocycles. The maximum Gasteiger partial charge on any atom is 0.248 e. The Morgan fingerprint density at radius 1 is 1.33 bits per heavy atom. The van der Waals surface area contributed by atoms with Crippen LogP contribution in [0.15, 0.2) is 0 Å². The molecule has 0 spiro atoms. The van der Waals surface area contributed by atoms with Crippen molar-refractivity contribution >= 4 is 11.8 Å². The molecule has 1 aliphatic heterocycles. The summed E-state index contributed by atoms with van der Waals surface area (Å²) in [6.45, 7) is 6.41. The average Bonchev–Trinajstić information content (AvgIpc) is 2.22. The molecule has 0 bridgehead atoms. The quantitative estimate of drug-likeness (QED) is 0.827. The minimum Gasteiger partial charge on any atom is -0.340 e. The van der Waals surface area contributed by atoms with Crippen LogP contribution < -0.4 is 5.32 Å². The lowest BCUT2D eigenvalue weighted by Gasteiger charge is -2.45. The molecule has 0 radical (unpaired) electrons. The lowest BCUT2D eigenvalue weighted by Crippen LogP contribution is -2.68. The van der Waals surface area contributed by atoms with Gasteiger partial charge < -0.3 is 10.2 Å². The first-order chi connectivity index (χ1) is 8.45. The van der Waals surface area contributed by atoms with Crippen molar-refractivity contribution in [3.05, 3.63) is 0 Å². The number of piperazine rings is 1. The Morgan fingerprint density at radius 2 is 2.00 bits per heavy atom. The van der Waals surface area contributed by atoms with Crippen LogP contribution in [0.1, 0.15) is 52.9 Å². The van der Waals surface area contributed by atoms with Gasteiger partial charge in [-0.25, -0.2) is 0 Å². The molecule has 2 amide bonds. The lowest BCUT2D eigenvalue weighted by atomic mass is 9.83. The van der Waals surface area contributed by atoms with Gasteiger partial charge in [0, 0.05) is 6.54 Å². The molecule has 102 valence electrons. The van der Waals surface area contributed by atoms with Crippen LogP contribution in [0.5, 0.6) is 0 Å². The smallest absolute Gasteiger partial charge is 0.248 e. The van der Waals surface area contributed by atoms with E-state index in [1.165, 1.54) is 19.3 Å². The third-order valence-electron chi connectivity index (χ3n) is 4.15. The van der Waals surface area contributed by atoms with Crippen LogP contribution in [-0.2, 0) is 9.59 Å². The van der Waals surface area contributed by atoms with Gasteiger partial charge in [0.1, 0.15) is 11.6 Å². The fraction of sp³-hybridized carbons (Fsp3) is 0.857. The van der Waals surface area contributed by atoms with Gasteiger partial charge in [-0.2, -0.15) is 0 Å². The second kappa shape index (κ2) is 4.90. The summed E-state index contributed by atoms with van der Waals surface area (Å²) in [6, 6.07) is -0.254. The minimum absolute atomic E-state index is 0.0146. The first kappa shape index (κ1) is 13.4. The summed E-state index contributed by atoms with van der Waals surface area (Å²) in [7, 11) is 0. The second-order valence-corrected chi connectivity index (χ2v) is 6.17. The molecule has 4 heteroatoms. The Hall–Kier alpha value is -1.06. The molecule has 0 aromatic rings. The topological polar surface area (TPSA) is 49.4 Å². The van der Waals surface area contributed by atoms with E-state index in [0.717, 1.165) is 19.4 Å². The maximum atomic E-state index is 12.5. The van der Waals surface area contributed by atoms with Crippen molar-refractivity contribution in [1.82, 2.24) is 10.2 Å². The number of nitrogens with one attached hydrogen (secondary N) is 1. The van der Waals surface area contributed by atoms with Crippen molar-refractivity contribution in [3.8, 4) is 0 Å². The molecule has 2 aliphatic rings. The third kappa shape index (κ3) is 2.38. The molecule has 1 saturated heterocycles. The number of carbonyl (C=O) groups is 2. The van der Waals surface area contributed by atoms with E-state index in [-0.39, 0.29) is 17.9 Å². The van der Waals surface area contributed by atoms with E-state index in [4.69, 9.17) is 0 Å². The van der Waals surface area contributed by atoms with E-state index in [0.29, 0.717) is 5.92 Å². The highest BCUT2D eigenvalue weighted by Gasteiger charge is 2.45. The van der Waals surface area contributed by atoms with Gasteiger partial charge in [0.25, 0.3) is 0 Å². The molecular formula is C14H24N2O2. The Balaban J connectivity index is 2.15. The van der Waals surface area contributed by atoms with Crippen molar-refractivity contribution in [1.29, 1.82) is 0 Å². The maximum absolute atomic E-state index is 12.5. The first-order valence-electron chi connectivity index (χ1n) is 7.09. The van der Waals surface area contributed by atoms with Crippen LogP contribution in [-0.4, -0.2) is 34.8 Å². The zero-order chi connectivity index (χ0) is 13.3. The second-order valence-electron chi connectivity index (χ2n) is 6.17. The van der Waals surface area contributed by atoms with Crippen LogP contribution >= 0.6 is 0 Å². The SMILES string of the molecule is CCCC1C(=O)NC(C)(C)C(=O)N1CC1CCC1. The van der Waals surface area contributed by atoms with Gasteiger partial charge in [0.05, 0.1) is 0 Å². The van der Waals surface area contributed by atoms with Crippen molar-refractivity contribution in [2.45, 2.75) is 64.5 Å². The Morgan fingerprint density at radius 3 is 2.50 bits per heavy atom. The van der Waals surface area contributed by atoms with Crippen molar-refractivity contribution in [2.75, 3.05) is 6.54 Å². The Bertz CT molecular complexity index is 348. The van der Waals surface area contributed by atoms with Crippen LogP contribution in [0, 0.1) is 5.92 Å². The first-order valence-corrected chi connectivity index (χ1v) is 7.09. The van der Waals surface area contributed by atoms with Gasteiger partial charge in [-0.05, 0) is 39.0 Å². The highest BCUT2D eigenvalue weighted by molar-refractivity contribution is 5.99. The zero-order valence-electron chi connectivity index (χ0n) is 11.7. The lowest BCUT2D eigenvalue weighted by molar-refractivity contribution is -0.155. The van der Waals surface area contributed by atoms with Gasteiger partial charge in [0.15, 0.2) is 0 Å². The summed E-state index contributed by atoms with van der Waals surface area (Å²) in [5, 5.41) is 2.85. The van der Waals surface area contributed by atoms with E-state index >= 15 is 0 Å². The summed E-state index contributed by atoms with van der Waals surface area (Å²) >= 11 is 0. The summed E-state index contributed by atoms with van der Waals surface area (Å²) in [5.41, 5.74) is -0.745. The van der Waals surface area contributed by atoms with E-state index in [1.54, 1.807) is 13.8 Å². The molecule has 4 nitrogen and oxygen atoms in total. The van der Waals surface area contributed by atoms with Crippen LogP contribution in [0.2, 0.25) is 0 Å². The molecule has 2 rings (SSSR count). The molecule has 18 heavy (non-hydrogen) atoms.